The van der Waals surface area contributed by atoms with Crippen LogP contribution in [0, 0.1) is 13.8 Å². The number of nitrogens with zero attached hydrogens (tertiary/aromatic N) is 5. The summed E-state index contributed by atoms with van der Waals surface area (Å²) in [5.41, 5.74) is 3.56. The van der Waals surface area contributed by atoms with Crippen molar-refractivity contribution in [2.75, 3.05) is 17.3 Å². The highest BCUT2D eigenvalue weighted by atomic mass is 16.5. The number of fused-ring (bicyclic) bond motifs is 1. The number of aromatic nitrogens is 4. The van der Waals surface area contributed by atoms with Gasteiger partial charge >= 0.3 is 6.03 Å². The zero-order chi connectivity index (χ0) is 24.1. The molecule has 33 heavy (non-hydrogen) atoms. The molecule has 3 heterocycles. The fourth-order valence-corrected chi connectivity index (χ4v) is 3.25. The second-order valence-corrected chi connectivity index (χ2v) is 7.25. The highest BCUT2D eigenvalue weighted by molar-refractivity contribution is 6.01. The molecular weight excluding hydrogens is 420 g/mol. The van der Waals surface area contributed by atoms with E-state index in [0.29, 0.717) is 17.4 Å². The highest BCUT2D eigenvalue weighted by Crippen LogP contribution is 2.32. The molecule has 0 atom stereocenters. The molecule has 0 spiro atoms. The van der Waals surface area contributed by atoms with Gasteiger partial charge < -0.3 is 19.7 Å². The third-order valence-electron chi connectivity index (χ3n) is 4.78. The van der Waals surface area contributed by atoms with Crippen LogP contribution in [-0.2, 0) is 7.05 Å². The Morgan fingerprint density at radius 3 is 2.58 bits per heavy atom. The van der Waals surface area contributed by atoms with Crippen LogP contribution >= 0.6 is 0 Å². The number of benzene rings is 1. The Bertz CT molecular complexity index is 1260. The van der Waals surface area contributed by atoms with E-state index in [-0.39, 0.29) is 11.4 Å². The van der Waals surface area contributed by atoms with Crippen molar-refractivity contribution in [2.24, 2.45) is 7.05 Å². The number of hydrogen-bond donors (Lipinski definition) is 2. The molecule has 2 amide bonds. The summed E-state index contributed by atoms with van der Waals surface area (Å²) in [6, 6.07) is 9.80. The first-order valence-corrected chi connectivity index (χ1v) is 10.6. The molecule has 172 valence electrons. The summed E-state index contributed by atoms with van der Waals surface area (Å²) < 4.78 is 7.71. The predicted molar refractivity (Wildman–Crippen MR) is 129 cm³/mol. The molecule has 0 aliphatic rings. The summed E-state index contributed by atoms with van der Waals surface area (Å²) in [7, 11) is 3.49. The van der Waals surface area contributed by atoms with Gasteiger partial charge in [-0.25, -0.2) is 14.8 Å². The molecule has 2 N–H and O–H groups in total. The van der Waals surface area contributed by atoms with Crippen LogP contribution in [-0.4, -0.2) is 37.7 Å². The molecule has 0 fully saturated rings. The van der Waals surface area contributed by atoms with E-state index in [9.17, 15) is 9.90 Å². The number of rotatable bonds is 4. The second-order valence-electron chi connectivity index (χ2n) is 7.25. The van der Waals surface area contributed by atoms with Crippen LogP contribution in [0.25, 0.3) is 11.0 Å². The molecule has 1 aromatic carbocycles. The third kappa shape index (κ3) is 5.20. The monoisotopic (exact) mass is 448 g/mol. The summed E-state index contributed by atoms with van der Waals surface area (Å²) in [6.07, 6.45) is 3.28. The standard InChI is InChI=1S/C22H22N6O3.C2H6/c1-13-9-14(2)25-19(10-13)28(4)22(30)26-16-6-5-15(11-18(16)29)31-21-20-17(23-12-24-21)7-8-27(20)3;1-2/h5-12,29H,1-4H3,(H,26,30);1-2H3. The maximum atomic E-state index is 12.6. The van der Waals surface area contributed by atoms with E-state index in [0.717, 1.165) is 22.3 Å². The van der Waals surface area contributed by atoms with E-state index >= 15 is 0 Å². The number of urea groups is 1. The molecule has 0 saturated heterocycles. The van der Waals surface area contributed by atoms with Crippen molar-refractivity contribution in [2.45, 2.75) is 27.7 Å². The van der Waals surface area contributed by atoms with Crippen LogP contribution in [0.3, 0.4) is 0 Å². The minimum atomic E-state index is -0.428. The molecule has 4 aromatic rings. The summed E-state index contributed by atoms with van der Waals surface area (Å²) >= 11 is 0. The number of amides is 2. The van der Waals surface area contributed by atoms with E-state index < -0.39 is 6.03 Å². The smallest absolute Gasteiger partial charge is 0.327 e. The number of anilines is 2. The van der Waals surface area contributed by atoms with E-state index in [2.05, 4.69) is 20.3 Å². The normalized spacial score (nSPS) is 10.4. The fourth-order valence-electron chi connectivity index (χ4n) is 3.25. The summed E-state index contributed by atoms with van der Waals surface area (Å²) in [6.45, 7) is 7.81. The van der Waals surface area contributed by atoms with Crippen molar-refractivity contribution < 1.29 is 14.6 Å². The molecule has 0 bridgehead atoms. The molecule has 4 rings (SSSR count). The van der Waals surface area contributed by atoms with E-state index in [1.807, 2.05) is 63.7 Å². The maximum Gasteiger partial charge on any atom is 0.327 e. The third-order valence-corrected chi connectivity index (χ3v) is 4.78. The zero-order valence-electron chi connectivity index (χ0n) is 19.6. The minimum absolute atomic E-state index is 0.134. The zero-order valence-corrected chi connectivity index (χ0v) is 19.6. The van der Waals surface area contributed by atoms with Crippen LogP contribution in [0.2, 0.25) is 0 Å². The van der Waals surface area contributed by atoms with Crippen molar-refractivity contribution in [1.82, 2.24) is 19.5 Å². The number of nitrogens with one attached hydrogen (secondary N) is 1. The van der Waals surface area contributed by atoms with Gasteiger partial charge in [0.2, 0.25) is 5.88 Å². The number of carbonyl (C=O) groups excluding carboxylic acids is 1. The first kappa shape index (κ1) is 23.5. The van der Waals surface area contributed by atoms with Gasteiger partial charge in [0.05, 0.1) is 11.2 Å². The Labute approximate surface area is 192 Å². The lowest BCUT2D eigenvalue weighted by Gasteiger charge is -2.18. The number of aromatic hydroxyl groups is 1. The molecule has 0 radical (unpaired) electrons. The number of hydrogen-bond acceptors (Lipinski definition) is 6. The molecule has 3 aromatic heterocycles. The van der Waals surface area contributed by atoms with Gasteiger partial charge in [0, 0.05) is 32.1 Å². The Kier molecular flexibility index (Phi) is 7.12. The highest BCUT2D eigenvalue weighted by Gasteiger charge is 2.16. The fraction of sp³-hybridized carbons (Fsp3) is 0.250. The molecule has 0 aliphatic carbocycles. The lowest BCUT2D eigenvalue weighted by molar-refractivity contribution is 0.257. The Morgan fingerprint density at radius 2 is 1.88 bits per heavy atom. The average Bonchev–Trinajstić information content (AvgIpc) is 3.17. The summed E-state index contributed by atoms with van der Waals surface area (Å²) in [5, 5.41) is 13.1. The van der Waals surface area contributed by atoms with Gasteiger partial charge in [0.15, 0.2) is 0 Å². The average molecular weight is 449 g/mol. The van der Waals surface area contributed by atoms with Crippen molar-refractivity contribution in [1.29, 1.82) is 0 Å². The quantitative estimate of drug-likeness (QED) is 0.417. The van der Waals surface area contributed by atoms with Crippen LogP contribution in [0.5, 0.6) is 17.4 Å². The Balaban J connectivity index is 0.00000149. The second kappa shape index (κ2) is 9.99. The van der Waals surface area contributed by atoms with Gasteiger partial charge in [-0.05, 0) is 49.7 Å². The summed E-state index contributed by atoms with van der Waals surface area (Å²) in [4.78, 5) is 26.8. The van der Waals surface area contributed by atoms with Crippen LogP contribution in [0.15, 0.2) is 48.9 Å². The number of pyridine rings is 1. The molecule has 0 aliphatic heterocycles. The van der Waals surface area contributed by atoms with E-state index in [1.165, 1.54) is 17.3 Å². The lowest BCUT2D eigenvalue weighted by atomic mass is 10.2. The van der Waals surface area contributed by atoms with Crippen molar-refractivity contribution >= 4 is 28.6 Å². The Morgan fingerprint density at radius 1 is 1.12 bits per heavy atom. The maximum absolute atomic E-state index is 12.6. The van der Waals surface area contributed by atoms with Crippen LogP contribution < -0.4 is 15.0 Å². The summed E-state index contributed by atoms with van der Waals surface area (Å²) in [5.74, 6) is 1.13. The van der Waals surface area contributed by atoms with Gasteiger partial charge in [0.25, 0.3) is 0 Å². The van der Waals surface area contributed by atoms with Gasteiger partial charge in [-0.1, -0.05) is 13.8 Å². The molecule has 0 saturated carbocycles. The molecule has 9 nitrogen and oxygen atoms in total. The largest absolute Gasteiger partial charge is 0.506 e. The SMILES string of the molecule is CC.Cc1cc(C)nc(N(C)C(=O)Nc2ccc(Oc3ncnc4ccn(C)c34)cc2O)c1. The van der Waals surface area contributed by atoms with Crippen molar-refractivity contribution in [3.8, 4) is 17.4 Å². The first-order valence-electron chi connectivity index (χ1n) is 10.6. The van der Waals surface area contributed by atoms with Gasteiger partial charge in [0.1, 0.15) is 29.2 Å². The molecule has 0 unspecified atom stereocenters. The topological polar surface area (TPSA) is 105 Å². The number of phenolic OH excluding ortho intramolecular Hbond substituents is 1. The Hall–Kier alpha value is -4.14. The number of ether oxygens (including phenoxy) is 1. The first-order chi connectivity index (χ1) is 15.8. The van der Waals surface area contributed by atoms with Crippen molar-refractivity contribution in [3.05, 3.63) is 60.2 Å². The van der Waals surface area contributed by atoms with Crippen LogP contribution in [0.4, 0.5) is 16.3 Å². The predicted octanol–water partition coefficient (Wildman–Crippen LogP) is 5.17. The van der Waals surface area contributed by atoms with Crippen LogP contribution in [0.1, 0.15) is 25.1 Å². The van der Waals surface area contributed by atoms with Gasteiger partial charge in [-0.2, -0.15) is 4.98 Å². The minimum Gasteiger partial charge on any atom is -0.506 e. The van der Waals surface area contributed by atoms with E-state index in [1.54, 1.807) is 19.2 Å². The van der Waals surface area contributed by atoms with E-state index in [4.69, 9.17) is 4.74 Å². The van der Waals surface area contributed by atoms with Crippen molar-refractivity contribution in [3.63, 3.8) is 0 Å². The number of aryl methyl sites for hydroxylation is 3. The van der Waals surface area contributed by atoms with Gasteiger partial charge in [-0.15, -0.1) is 0 Å². The number of phenols is 1. The molecular formula is C24H28N6O3. The lowest BCUT2D eigenvalue weighted by Crippen LogP contribution is -2.32. The molecule has 9 heteroatoms. The van der Waals surface area contributed by atoms with Gasteiger partial charge in [-0.3, -0.25) is 4.90 Å². The number of carbonyl (C=O) groups is 1.